The smallest absolute Gasteiger partial charge is 0.261 e. The first-order chi connectivity index (χ1) is 10.6. The average molecular weight is 366 g/mol. The van der Waals surface area contributed by atoms with E-state index in [0.29, 0.717) is 17.7 Å². The molecule has 0 saturated heterocycles. The van der Waals surface area contributed by atoms with Crippen LogP contribution in [0.4, 0.5) is 0 Å². The number of benzene rings is 1. The lowest BCUT2D eigenvalue weighted by atomic mass is 10.1. The molecule has 0 fully saturated rings. The van der Waals surface area contributed by atoms with Gasteiger partial charge in [-0.2, -0.15) is 0 Å². The molecule has 1 aliphatic rings. The molecule has 0 spiro atoms. The third-order valence-electron chi connectivity index (χ3n) is 4.17. The van der Waals surface area contributed by atoms with Crippen LogP contribution in [-0.4, -0.2) is 23.3 Å². The Labute approximate surface area is 141 Å². The zero-order chi connectivity index (χ0) is 15.9. The molecule has 1 aliphatic heterocycles. The van der Waals surface area contributed by atoms with Gasteiger partial charge in [-0.3, -0.25) is 14.5 Å². The van der Waals surface area contributed by atoms with Gasteiger partial charge in [-0.1, -0.05) is 67.8 Å². The third-order valence-corrected chi connectivity index (χ3v) is 4.66. The summed E-state index contributed by atoms with van der Waals surface area (Å²) in [6.07, 6.45) is 9.66. The zero-order valence-electron chi connectivity index (χ0n) is 13.2. The maximum absolute atomic E-state index is 12.3. The lowest BCUT2D eigenvalue weighted by molar-refractivity contribution is 0.0651. The summed E-state index contributed by atoms with van der Waals surface area (Å²) < 4.78 is 0.835. The molecule has 0 bridgehead atoms. The molecule has 2 amide bonds. The van der Waals surface area contributed by atoms with Gasteiger partial charge >= 0.3 is 0 Å². The van der Waals surface area contributed by atoms with Crippen molar-refractivity contribution in [1.29, 1.82) is 0 Å². The Balaban J connectivity index is 1.74. The number of amides is 2. The van der Waals surface area contributed by atoms with Gasteiger partial charge < -0.3 is 0 Å². The predicted molar refractivity (Wildman–Crippen MR) is 92.1 cm³/mol. The number of carbonyl (C=O) groups excluding carboxylic acids is 2. The molecular weight excluding hydrogens is 342 g/mol. The molecule has 22 heavy (non-hydrogen) atoms. The van der Waals surface area contributed by atoms with Crippen molar-refractivity contribution in [2.45, 2.75) is 58.3 Å². The first-order valence-electron chi connectivity index (χ1n) is 8.31. The van der Waals surface area contributed by atoms with Crippen LogP contribution < -0.4 is 0 Å². The summed E-state index contributed by atoms with van der Waals surface area (Å²) in [4.78, 5) is 25.9. The van der Waals surface area contributed by atoms with Gasteiger partial charge in [-0.05, 0) is 24.6 Å². The van der Waals surface area contributed by atoms with E-state index in [1.54, 1.807) is 12.1 Å². The molecule has 1 aromatic rings. The number of fused-ring (bicyclic) bond motifs is 1. The van der Waals surface area contributed by atoms with E-state index in [1.165, 1.54) is 43.4 Å². The number of imide groups is 1. The van der Waals surface area contributed by atoms with Gasteiger partial charge in [-0.15, -0.1) is 0 Å². The van der Waals surface area contributed by atoms with Crippen LogP contribution in [0.1, 0.15) is 79.0 Å². The van der Waals surface area contributed by atoms with Gasteiger partial charge in [0, 0.05) is 11.0 Å². The first-order valence-corrected chi connectivity index (χ1v) is 9.10. The number of hydrogen-bond acceptors (Lipinski definition) is 2. The highest BCUT2D eigenvalue weighted by Gasteiger charge is 2.34. The van der Waals surface area contributed by atoms with Crippen molar-refractivity contribution in [3.8, 4) is 0 Å². The Hall–Kier alpha value is -1.16. The SMILES string of the molecule is CCCCCCCCCCN1C(=O)c2ccc(Br)cc2C1=O. The van der Waals surface area contributed by atoms with E-state index in [1.807, 2.05) is 6.07 Å². The molecule has 3 nitrogen and oxygen atoms in total. The molecular formula is C18H24BrNO2. The Morgan fingerprint density at radius 3 is 2.14 bits per heavy atom. The van der Waals surface area contributed by atoms with E-state index in [0.717, 1.165) is 17.3 Å². The van der Waals surface area contributed by atoms with Crippen molar-refractivity contribution in [2.75, 3.05) is 6.54 Å². The van der Waals surface area contributed by atoms with Crippen LogP contribution >= 0.6 is 15.9 Å². The van der Waals surface area contributed by atoms with Crippen molar-refractivity contribution in [3.63, 3.8) is 0 Å². The van der Waals surface area contributed by atoms with Crippen LogP contribution in [0.5, 0.6) is 0 Å². The highest BCUT2D eigenvalue weighted by molar-refractivity contribution is 9.10. The molecule has 0 radical (unpaired) electrons. The molecule has 0 N–H and O–H groups in total. The quantitative estimate of drug-likeness (QED) is 0.446. The summed E-state index contributed by atoms with van der Waals surface area (Å²) in [7, 11) is 0. The summed E-state index contributed by atoms with van der Waals surface area (Å²) in [5.41, 5.74) is 1.06. The number of nitrogens with zero attached hydrogens (tertiary/aromatic N) is 1. The Kier molecular flexibility index (Phi) is 6.62. The van der Waals surface area contributed by atoms with Gasteiger partial charge in [-0.25, -0.2) is 0 Å². The second-order valence-electron chi connectivity index (χ2n) is 5.93. The van der Waals surface area contributed by atoms with Gasteiger partial charge in [0.05, 0.1) is 11.1 Å². The summed E-state index contributed by atoms with van der Waals surface area (Å²) in [5, 5.41) is 0. The van der Waals surface area contributed by atoms with Crippen molar-refractivity contribution in [3.05, 3.63) is 33.8 Å². The van der Waals surface area contributed by atoms with Crippen molar-refractivity contribution in [2.24, 2.45) is 0 Å². The minimum Gasteiger partial charge on any atom is -0.274 e. The number of unbranched alkanes of at least 4 members (excludes halogenated alkanes) is 7. The summed E-state index contributed by atoms with van der Waals surface area (Å²) >= 11 is 3.35. The van der Waals surface area contributed by atoms with E-state index >= 15 is 0 Å². The fourth-order valence-corrected chi connectivity index (χ4v) is 3.23. The van der Waals surface area contributed by atoms with E-state index < -0.39 is 0 Å². The average Bonchev–Trinajstić information content (AvgIpc) is 2.74. The third kappa shape index (κ3) is 4.19. The molecule has 1 aromatic carbocycles. The van der Waals surface area contributed by atoms with Crippen molar-refractivity contribution < 1.29 is 9.59 Å². The number of halogens is 1. The normalized spacial score (nSPS) is 13.8. The van der Waals surface area contributed by atoms with Gasteiger partial charge in [0.15, 0.2) is 0 Å². The van der Waals surface area contributed by atoms with E-state index in [4.69, 9.17) is 0 Å². The Bertz CT molecular complexity index is 542. The lowest BCUT2D eigenvalue weighted by Gasteiger charge is -2.13. The van der Waals surface area contributed by atoms with Crippen LogP contribution in [0.15, 0.2) is 22.7 Å². The van der Waals surface area contributed by atoms with Crippen molar-refractivity contribution >= 4 is 27.7 Å². The molecule has 0 atom stereocenters. The maximum Gasteiger partial charge on any atom is 0.261 e. The van der Waals surface area contributed by atoms with E-state index in [2.05, 4.69) is 22.9 Å². The topological polar surface area (TPSA) is 37.4 Å². The van der Waals surface area contributed by atoms with Gasteiger partial charge in [0.1, 0.15) is 0 Å². The molecule has 0 unspecified atom stereocenters. The molecule has 1 heterocycles. The summed E-state index contributed by atoms with van der Waals surface area (Å²) in [6.45, 7) is 2.76. The summed E-state index contributed by atoms with van der Waals surface area (Å²) in [6, 6.07) is 5.28. The maximum atomic E-state index is 12.3. The molecule has 2 rings (SSSR count). The Morgan fingerprint density at radius 2 is 1.45 bits per heavy atom. The van der Waals surface area contributed by atoms with Gasteiger partial charge in [0.2, 0.25) is 0 Å². The van der Waals surface area contributed by atoms with Crippen LogP contribution in [0, 0.1) is 0 Å². The fraction of sp³-hybridized carbons (Fsp3) is 0.556. The number of rotatable bonds is 9. The standard InChI is InChI=1S/C18H24BrNO2/c1-2-3-4-5-6-7-8-9-12-20-17(21)15-11-10-14(19)13-16(15)18(20)22/h10-11,13H,2-9,12H2,1H3. The Morgan fingerprint density at radius 1 is 0.864 bits per heavy atom. The molecule has 0 aliphatic carbocycles. The molecule has 120 valence electrons. The minimum atomic E-state index is -0.149. The first kappa shape index (κ1) is 17.2. The second kappa shape index (κ2) is 8.47. The molecule has 0 saturated carbocycles. The van der Waals surface area contributed by atoms with Crippen LogP contribution in [0.3, 0.4) is 0 Å². The highest BCUT2D eigenvalue weighted by atomic mass is 79.9. The van der Waals surface area contributed by atoms with E-state index in [9.17, 15) is 9.59 Å². The van der Waals surface area contributed by atoms with Gasteiger partial charge in [0.25, 0.3) is 11.8 Å². The summed E-state index contributed by atoms with van der Waals surface area (Å²) in [5.74, 6) is -0.292. The molecule has 4 heteroatoms. The monoisotopic (exact) mass is 365 g/mol. The molecule has 0 aromatic heterocycles. The zero-order valence-corrected chi connectivity index (χ0v) is 14.8. The number of carbonyl (C=O) groups is 2. The van der Waals surface area contributed by atoms with Crippen LogP contribution in [0.25, 0.3) is 0 Å². The lowest BCUT2D eigenvalue weighted by Crippen LogP contribution is -2.30. The second-order valence-corrected chi connectivity index (χ2v) is 6.84. The van der Waals surface area contributed by atoms with Crippen LogP contribution in [0.2, 0.25) is 0 Å². The fourth-order valence-electron chi connectivity index (χ4n) is 2.87. The number of hydrogen-bond donors (Lipinski definition) is 0. The minimum absolute atomic E-state index is 0.143. The van der Waals surface area contributed by atoms with Crippen molar-refractivity contribution in [1.82, 2.24) is 4.90 Å². The van der Waals surface area contributed by atoms with Crippen LogP contribution in [-0.2, 0) is 0 Å². The van der Waals surface area contributed by atoms with E-state index in [-0.39, 0.29) is 11.8 Å². The largest absolute Gasteiger partial charge is 0.274 e. The predicted octanol–water partition coefficient (Wildman–Crippen LogP) is 5.19. The highest BCUT2D eigenvalue weighted by Crippen LogP contribution is 2.26.